The van der Waals surface area contributed by atoms with Gasteiger partial charge in [0.1, 0.15) is 5.69 Å². The number of anilines is 1. The van der Waals surface area contributed by atoms with Crippen LogP contribution in [0.5, 0.6) is 0 Å². The van der Waals surface area contributed by atoms with Crippen LogP contribution in [0.4, 0.5) is 14.5 Å². The summed E-state index contributed by atoms with van der Waals surface area (Å²) in [7, 11) is 0. The number of carbonyl (C=O) groups is 2. The van der Waals surface area contributed by atoms with Crippen LogP contribution in [0.15, 0.2) is 29.2 Å². The SMILES string of the molecule is CC(=O)c1c(C)[nH]c(C(=O)Nc2ccc(SC(F)F)cc2)c1C. The maximum absolute atomic E-state index is 12.3. The van der Waals surface area contributed by atoms with Gasteiger partial charge in [-0.15, -0.1) is 0 Å². The summed E-state index contributed by atoms with van der Waals surface area (Å²) >= 11 is 0.444. The number of hydrogen-bond donors (Lipinski definition) is 2. The molecule has 0 bridgehead atoms. The number of ketones is 1. The number of nitrogens with one attached hydrogen (secondary N) is 2. The van der Waals surface area contributed by atoms with E-state index in [1.54, 1.807) is 26.0 Å². The van der Waals surface area contributed by atoms with Crippen molar-refractivity contribution in [2.24, 2.45) is 0 Å². The predicted octanol–water partition coefficient (Wildman–Crippen LogP) is 4.40. The number of thioether (sulfide) groups is 1. The number of aromatic nitrogens is 1. The van der Waals surface area contributed by atoms with Gasteiger partial charge in [0, 0.05) is 21.8 Å². The highest BCUT2D eigenvalue weighted by atomic mass is 32.2. The highest BCUT2D eigenvalue weighted by Crippen LogP contribution is 2.26. The molecule has 0 spiro atoms. The fourth-order valence-corrected chi connectivity index (χ4v) is 2.92. The zero-order valence-corrected chi connectivity index (χ0v) is 13.7. The van der Waals surface area contributed by atoms with Gasteiger partial charge >= 0.3 is 0 Å². The third kappa shape index (κ3) is 3.98. The quantitative estimate of drug-likeness (QED) is 0.627. The number of Topliss-reactive ketones (excluding diaryl/α,β-unsaturated/α-hetero) is 1. The predicted molar refractivity (Wildman–Crippen MR) is 86.5 cm³/mol. The minimum absolute atomic E-state index is 0.108. The maximum atomic E-state index is 12.3. The number of rotatable bonds is 5. The summed E-state index contributed by atoms with van der Waals surface area (Å²) in [6.07, 6.45) is 0. The summed E-state index contributed by atoms with van der Waals surface area (Å²) in [5.41, 5.74) is 2.56. The first-order valence-corrected chi connectivity index (χ1v) is 7.74. The zero-order valence-electron chi connectivity index (χ0n) is 12.9. The number of aromatic amines is 1. The fraction of sp³-hybridized carbons (Fsp3) is 0.250. The standard InChI is InChI=1S/C16H16F2N2O2S/c1-8-13(10(3)21)9(2)19-14(8)15(22)20-11-4-6-12(7-5-11)23-16(17)18/h4-7,16,19H,1-3H3,(H,20,22). The molecule has 1 amide bonds. The molecule has 23 heavy (non-hydrogen) atoms. The monoisotopic (exact) mass is 338 g/mol. The van der Waals surface area contributed by atoms with Crippen molar-refractivity contribution in [3.63, 3.8) is 0 Å². The molecule has 4 nitrogen and oxygen atoms in total. The van der Waals surface area contributed by atoms with E-state index < -0.39 is 5.76 Å². The number of hydrogen-bond acceptors (Lipinski definition) is 3. The van der Waals surface area contributed by atoms with Crippen LogP contribution in [0.1, 0.15) is 39.0 Å². The Balaban J connectivity index is 2.16. The van der Waals surface area contributed by atoms with Gasteiger partial charge in [-0.2, -0.15) is 8.78 Å². The first-order valence-electron chi connectivity index (χ1n) is 6.86. The van der Waals surface area contributed by atoms with Crippen molar-refractivity contribution >= 4 is 29.1 Å². The minimum atomic E-state index is -2.48. The molecule has 0 aliphatic carbocycles. The van der Waals surface area contributed by atoms with Gasteiger partial charge in [-0.1, -0.05) is 11.8 Å². The molecule has 1 heterocycles. The van der Waals surface area contributed by atoms with Crippen LogP contribution < -0.4 is 5.32 Å². The lowest BCUT2D eigenvalue weighted by atomic mass is 10.1. The molecular weight excluding hydrogens is 322 g/mol. The van der Waals surface area contributed by atoms with Crippen molar-refractivity contribution in [3.8, 4) is 0 Å². The van der Waals surface area contributed by atoms with E-state index in [9.17, 15) is 18.4 Å². The van der Waals surface area contributed by atoms with Crippen molar-refractivity contribution in [1.29, 1.82) is 0 Å². The molecule has 122 valence electrons. The van der Waals surface area contributed by atoms with Crippen LogP contribution >= 0.6 is 11.8 Å². The van der Waals surface area contributed by atoms with E-state index in [2.05, 4.69) is 10.3 Å². The van der Waals surface area contributed by atoms with Gasteiger partial charge in [-0.3, -0.25) is 9.59 Å². The van der Waals surface area contributed by atoms with Gasteiger partial charge in [0.25, 0.3) is 11.7 Å². The van der Waals surface area contributed by atoms with Crippen LogP contribution in [0.2, 0.25) is 0 Å². The highest BCUT2D eigenvalue weighted by Gasteiger charge is 2.19. The van der Waals surface area contributed by atoms with Gasteiger partial charge < -0.3 is 10.3 Å². The number of aryl methyl sites for hydroxylation is 1. The first-order chi connectivity index (χ1) is 10.8. The fourth-order valence-electron chi connectivity index (χ4n) is 2.42. The van der Waals surface area contributed by atoms with Crippen LogP contribution in [0.25, 0.3) is 0 Å². The molecule has 0 aliphatic heterocycles. The molecule has 0 radical (unpaired) electrons. The average molecular weight is 338 g/mol. The summed E-state index contributed by atoms with van der Waals surface area (Å²) in [6, 6.07) is 6.14. The molecule has 0 aliphatic rings. The summed E-state index contributed by atoms with van der Waals surface area (Å²) in [5, 5.41) is 2.68. The summed E-state index contributed by atoms with van der Waals surface area (Å²) in [4.78, 5) is 27.2. The van der Waals surface area contributed by atoms with E-state index in [4.69, 9.17) is 0 Å². The molecule has 2 aromatic rings. The van der Waals surface area contributed by atoms with E-state index in [-0.39, 0.29) is 11.7 Å². The normalized spacial score (nSPS) is 10.9. The molecule has 0 saturated carbocycles. The van der Waals surface area contributed by atoms with Crippen LogP contribution in [0.3, 0.4) is 0 Å². The van der Waals surface area contributed by atoms with Gasteiger partial charge in [0.15, 0.2) is 5.78 Å². The molecule has 0 fully saturated rings. The lowest BCUT2D eigenvalue weighted by Crippen LogP contribution is -2.13. The average Bonchev–Trinajstić information content (AvgIpc) is 2.75. The number of halogens is 2. The van der Waals surface area contributed by atoms with Gasteiger partial charge in [0.05, 0.1) is 0 Å². The van der Waals surface area contributed by atoms with Gasteiger partial charge in [-0.05, 0) is 50.6 Å². The second-order valence-corrected chi connectivity index (χ2v) is 6.10. The first kappa shape index (κ1) is 17.2. The molecule has 0 unspecified atom stereocenters. The molecule has 1 aromatic carbocycles. The van der Waals surface area contributed by atoms with Crippen molar-refractivity contribution in [2.45, 2.75) is 31.4 Å². The van der Waals surface area contributed by atoms with Crippen molar-refractivity contribution in [3.05, 3.63) is 46.8 Å². The van der Waals surface area contributed by atoms with Gasteiger partial charge in [0.2, 0.25) is 0 Å². The Bertz CT molecular complexity index is 739. The Morgan fingerprint density at radius 3 is 2.26 bits per heavy atom. The zero-order chi connectivity index (χ0) is 17.1. The Morgan fingerprint density at radius 1 is 1.17 bits per heavy atom. The Labute approximate surface area is 136 Å². The van der Waals surface area contributed by atoms with Crippen molar-refractivity contribution in [1.82, 2.24) is 4.98 Å². The van der Waals surface area contributed by atoms with Crippen molar-refractivity contribution < 1.29 is 18.4 Å². The number of carbonyl (C=O) groups excluding carboxylic acids is 2. The smallest absolute Gasteiger partial charge is 0.288 e. The summed E-state index contributed by atoms with van der Waals surface area (Å²) < 4.78 is 24.5. The van der Waals surface area contributed by atoms with Crippen LogP contribution in [0, 0.1) is 13.8 Å². The number of amides is 1. The molecule has 2 N–H and O–H groups in total. The van der Waals surface area contributed by atoms with Crippen molar-refractivity contribution in [2.75, 3.05) is 5.32 Å². The maximum Gasteiger partial charge on any atom is 0.288 e. The Kier molecular flexibility index (Phi) is 5.20. The number of alkyl halides is 2. The number of benzene rings is 1. The molecule has 7 heteroatoms. The van der Waals surface area contributed by atoms with Crippen LogP contribution in [-0.4, -0.2) is 22.4 Å². The molecule has 1 aromatic heterocycles. The van der Waals surface area contributed by atoms with E-state index in [0.29, 0.717) is 44.9 Å². The van der Waals surface area contributed by atoms with E-state index >= 15 is 0 Å². The molecule has 2 rings (SSSR count). The second-order valence-electron chi connectivity index (χ2n) is 5.04. The summed E-state index contributed by atoms with van der Waals surface area (Å²) in [5.74, 6) is -2.97. The lowest BCUT2D eigenvalue weighted by molar-refractivity contribution is 0.101. The molecule has 0 atom stereocenters. The van der Waals surface area contributed by atoms with Gasteiger partial charge in [-0.25, -0.2) is 0 Å². The largest absolute Gasteiger partial charge is 0.354 e. The topological polar surface area (TPSA) is 62.0 Å². The Morgan fingerprint density at radius 2 is 1.78 bits per heavy atom. The third-order valence-corrected chi connectivity index (χ3v) is 4.08. The number of H-pyrrole nitrogens is 1. The van der Waals surface area contributed by atoms with E-state index in [0.717, 1.165) is 0 Å². The van der Waals surface area contributed by atoms with E-state index in [1.807, 2.05) is 0 Å². The highest BCUT2D eigenvalue weighted by molar-refractivity contribution is 7.99. The lowest BCUT2D eigenvalue weighted by Gasteiger charge is -2.06. The Hall–Kier alpha value is -2.15. The second kappa shape index (κ2) is 6.95. The molecular formula is C16H16F2N2O2S. The minimum Gasteiger partial charge on any atom is -0.354 e. The third-order valence-electron chi connectivity index (χ3n) is 3.35. The van der Waals surface area contributed by atoms with Crippen LogP contribution in [-0.2, 0) is 0 Å². The molecule has 0 saturated heterocycles. The summed E-state index contributed by atoms with van der Waals surface area (Å²) in [6.45, 7) is 4.89. The van der Waals surface area contributed by atoms with E-state index in [1.165, 1.54) is 19.1 Å².